The van der Waals surface area contributed by atoms with Crippen LogP contribution in [0.25, 0.3) is 0 Å². The minimum absolute atomic E-state index is 0.297. The molecular formula is C16H11BrClNO2. The third-order valence-electron chi connectivity index (χ3n) is 2.97. The average Bonchev–Trinajstić information content (AvgIpc) is 2.47. The number of benzene rings is 2. The summed E-state index contributed by atoms with van der Waals surface area (Å²) in [5, 5.41) is 9.80. The molecular weight excluding hydrogens is 354 g/mol. The third-order valence-corrected chi connectivity index (χ3v) is 3.64. The lowest BCUT2D eigenvalue weighted by molar-refractivity contribution is 0.0979. The summed E-state index contributed by atoms with van der Waals surface area (Å²) < 4.78 is 5.82. The number of halogens is 2. The van der Waals surface area contributed by atoms with E-state index in [1.54, 1.807) is 42.5 Å². The lowest BCUT2D eigenvalue weighted by atomic mass is 9.92. The molecule has 21 heavy (non-hydrogen) atoms. The van der Waals surface area contributed by atoms with Crippen molar-refractivity contribution in [1.82, 2.24) is 0 Å². The van der Waals surface area contributed by atoms with Crippen molar-refractivity contribution in [1.29, 1.82) is 5.26 Å². The van der Waals surface area contributed by atoms with Crippen LogP contribution in [-0.4, -0.2) is 12.9 Å². The Kier molecular flexibility index (Phi) is 5.00. The van der Waals surface area contributed by atoms with Crippen LogP contribution in [0.15, 0.2) is 46.9 Å². The molecule has 0 aliphatic rings. The number of ether oxygens (including phenoxy) is 1. The van der Waals surface area contributed by atoms with Crippen LogP contribution in [0.4, 0.5) is 0 Å². The van der Waals surface area contributed by atoms with Gasteiger partial charge in [0, 0.05) is 15.1 Å². The maximum absolute atomic E-state index is 12.5. The van der Waals surface area contributed by atoms with Crippen LogP contribution in [0.5, 0.6) is 5.75 Å². The van der Waals surface area contributed by atoms with Gasteiger partial charge in [-0.3, -0.25) is 4.79 Å². The second-order valence-electron chi connectivity index (χ2n) is 4.36. The van der Waals surface area contributed by atoms with Gasteiger partial charge in [0.15, 0.2) is 5.78 Å². The molecule has 2 aromatic carbocycles. The number of hydrogen-bond donors (Lipinski definition) is 0. The predicted octanol–water partition coefficient (Wildman–Crippen LogP) is 4.60. The summed E-state index contributed by atoms with van der Waals surface area (Å²) >= 11 is 9.24. The van der Waals surface area contributed by atoms with Crippen LogP contribution in [0.3, 0.4) is 0 Å². The number of Topliss-reactive ketones (excluding diaryl/α,β-unsaturated/α-hetero) is 1. The molecule has 0 aliphatic carbocycles. The zero-order valence-corrected chi connectivity index (χ0v) is 13.5. The summed E-state index contributed by atoms with van der Waals surface area (Å²) in [4.78, 5) is 12.5. The second kappa shape index (κ2) is 6.75. The molecule has 0 heterocycles. The zero-order valence-electron chi connectivity index (χ0n) is 11.1. The van der Waals surface area contributed by atoms with Crippen molar-refractivity contribution in [2.75, 3.05) is 7.11 Å². The molecule has 0 saturated carbocycles. The van der Waals surface area contributed by atoms with Gasteiger partial charge >= 0.3 is 0 Å². The highest BCUT2D eigenvalue weighted by Crippen LogP contribution is 2.27. The highest BCUT2D eigenvalue weighted by Gasteiger charge is 2.22. The molecule has 0 aromatic heterocycles. The fourth-order valence-corrected chi connectivity index (χ4v) is 2.83. The van der Waals surface area contributed by atoms with E-state index in [0.717, 1.165) is 0 Å². The molecule has 3 nitrogen and oxygen atoms in total. The molecule has 0 amide bonds. The van der Waals surface area contributed by atoms with Crippen LogP contribution in [0.1, 0.15) is 21.8 Å². The quantitative estimate of drug-likeness (QED) is 0.745. The van der Waals surface area contributed by atoms with Crippen LogP contribution < -0.4 is 4.74 Å². The number of hydrogen-bond acceptors (Lipinski definition) is 3. The van der Waals surface area contributed by atoms with Gasteiger partial charge in [-0.05, 0) is 35.9 Å². The summed E-state index contributed by atoms with van der Waals surface area (Å²) in [5.41, 5.74) is 0.988. The summed E-state index contributed by atoms with van der Waals surface area (Å²) in [6.45, 7) is 0. The third kappa shape index (κ3) is 3.63. The van der Waals surface area contributed by atoms with Crippen LogP contribution in [0, 0.1) is 11.3 Å². The first kappa shape index (κ1) is 15.6. The van der Waals surface area contributed by atoms with Crippen molar-refractivity contribution in [3.63, 3.8) is 0 Å². The Balaban J connectivity index is 2.41. The zero-order chi connectivity index (χ0) is 15.4. The van der Waals surface area contributed by atoms with E-state index in [9.17, 15) is 10.1 Å². The van der Waals surface area contributed by atoms with Gasteiger partial charge in [0.2, 0.25) is 0 Å². The summed E-state index contributed by atoms with van der Waals surface area (Å²) in [5.74, 6) is -0.591. The molecule has 2 rings (SSSR count). The van der Waals surface area contributed by atoms with Crippen molar-refractivity contribution in [3.8, 4) is 11.8 Å². The van der Waals surface area contributed by atoms with E-state index in [-0.39, 0.29) is 5.78 Å². The Hall–Kier alpha value is -1.83. The Labute approximate surface area is 136 Å². The summed E-state index contributed by atoms with van der Waals surface area (Å²) in [6.07, 6.45) is 0. The normalized spacial score (nSPS) is 11.5. The Bertz CT molecular complexity index is 704. The second-order valence-corrected chi connectivity index (χ2v) is 5.71. The standard InChI is InChI=1S/C16H11BrClNO2/c1-21-14-4-2-3-10(7-14)15(9-19)16(20)11-5-12(17)8-13(18)6-11/h2-8,15H,1H3. The van der Waals surface area contributed by atoms with Crippen molar-refractivity contribution in [2.45, 2.75) is 5.92 Å². The van der Waals surface area contributed by atoms with Crippen molar-refractivity contribution in [3.05, 3.63) is 63.1 Å². The monoisotopic (exact) mass is 363 g/mol. The van der Waals surface area contributed by atoms with E-state index >= 15 is 0 Å². The first-order valence-electron chi connectivity index (χ1n) is 6.09. The Morgan fingerprint density at radius 1 is 1.33 bits per heavy atom. The topological polar surface area (TPSA) is 50.1 Å². The van der Waals surface area contributed by atoms with Gasteiger partial charge in [0.05, 0.1) is 13.2 Å². The number of nitriles is 1. The number of carbonyl (C=O) groups excluding carboxylic acids is 1. The number of ketones is 1. The molecule has 1 atom stereocenters. The van der Waals surface area contributed by atoms with Crippen LogP contribution in [0.2, 0.25) is 5.02 Å². The molecule has 2 aromatic rings. The fourth-order valence-electron chi connectivity index (χ4n) is 1.97. The summed E-state index contributed by atoms with van der Waals surface area (Å²) in [6, 6.07) is 13.9. The first-order chi connectivity index (χ1) is 10.0. The van der Waals surface area contributed by atoms with Gasteiger partial charge in [-0.1, -0.05) is 39.7 Å². The van der Waals surface area contributed by atoms with Crippen molar-refractivity contribution >= 4 is 33.3 Å². The van der Waals surface area contributed by atoms with E-state index < -0.39 is 5.92 Å². The SMILES string of the molecule is COc1cccc(C(C#N)C(=O)c2cc(Cl)cc(Br)c2)c1. The number of carbonyl (C=O) groups is 1. The van der Waals surface area contributed by atoms with Gasteiger partial charge in [0.25, 0.3) is 0 Å². The maximum Gasteiger partial charge on any atom is 0.184 e. The molecule has 0 fully saturated rings. The minimum atomic E-state index is -0.898. The lowest BCUT2D eigenvalue weighted by Crippen LogP contribution is -2.11. The highest BCUT2D eigenvalue weighted by molar-refractivity contribution is 9.10. The molecule has 106 valence electrons. The molecule has 1 unspecified atom stereocenters. The molecule has 0 radical (unpaired) electrons. The smallest absolute Gasteiger partial charge is 0.184 e. The van der Waals surface area contributed by atoms with E-state index in [0.29, 0.717) is 26.4 Å². The molecule has 0 saturated heterocycles. The molecule has 5 heteroatoms. The van der Waals surface area contributed by atoms with Gasteiger partial charge in [-0.25, -0.2) is 0 Å². The Morgan fingerprint density at radius 3 is 2.71 bits per heavy atom. The maximum atomic E-state index is 12.5. The predicted molar refractivity (Wildman–Crippen MR) is 84.8 cm³/mol. The van der Waals surface area contributed by atoms with E-state index in [1.807, 2.05) is 6.07 Å². The van der Waals surface area contributed by atoms with Gasteiger partial charge in [-0.2, -0.15) is 5.26 Å². The molecule has 0 spiro atoms. The van der Waals surface area contributed by atoms with E-state index in [1.165, 1.54) is 7.11 Å². The average molecular weight is 365 g/mol. The molecule has 0 N–H and O–H groups in total. The van der Waals surface area contributed by atoms with Gasteiger partial charge < -0.3 is 4.74 Å². The number of nitrogens with zero attached hydrogens (tertiary/aromatic N) is 1. The van der Waals surface area contributed by atoms with Gasteiger partial charge in [-0.15, -0.1) is 0 Å². The Morgan fingerprint density at radius 2 is 2.10 bits per heavy atom. The minimum Gasteiger partial charge on any atom is -0.497 e. The van der Waals surface area contributed by atoms with Crippen LogP contribution in [-0.2, 0) is 0 Å². The van der Waals surface area contributed by atoms with Crippen molar-refractivity contribution < 1.29 is 9.53 Å². The van der Waals surface area contributed by atoms with Crippen LogP contribution >= 0.6 is 27.5 Å². The van der Waals surface area contributed by atoms with E-state index in [4.69, 9.17) is 16.3 Å². The summed E-state index contributed by atoms with van der Waals surface area (Å²) in [7, 11) is 1.54. The number of methoxy groups -OCH3 is 1. The van der Waals surface area contributed by atoms with Crippen molar-refractivity contribution in [2.24, 2.45) is 0 Å². The highest BCUT2D eigenvalue weighted by atomic mass is 79.9. The first-order valence-corrected chi connectivity index (χ1v) is 7.26. The largest absolute Gasteiger partial charge is 0.497 e. The van der Waals surface area contributed by atoms with Gasteiger partial charge in [0.1, 0.15) is 11.7 Å². The fraction of sp³-hybridized carbons (Fsp3) is 0.125. The number of rotatable bonds is 4. The lowest BCUT2D eigenvalue weighted by Gasteiger charge is -2.10. The van der Waals surface area contributed by atoms with E-state index in [2.05, 4.69) is 15.9 Å². The molecule has 0 bridgehead atoms. The molecule has 0 aliphatic heterocycles.